The van der Waals surface area contributed by atoms with Crippen molar-refractivity contribution in [3.63, 3.8) is 0 Å². The molecular formula is C12H18N2O4S. The molecule has 7 heteroatoms. The lowest BCUT2D eigenvalue weighted by atomic mass is 10.1. The van der Waals surface area contributed by atoms with Crippen molar-refractivity contribution in [3.8, 4) is 0 Å². The minimum absolute atomic E-state index is 0.139. The van der Waals surface area contributed by atoms with E-state index in [0.29, 0.717) is 25.8 Å². The van der Waals surface area contributed by atoms with Gasteiger partial charge in [0.15, 0.2) is 5.76 Å². The number of nitrogens with zero attached hydrogens (tertiary/aromatic N) is 1. The van der Waals surface area contributed by atoms with Crippen LogP contribution in [0.2, 0.25) is 0 Å². The fourth-order valence-corrected chi connectivity index (χ4v) is 3.11. The van der Waals surface area contributed by atoms with Gasteiger partial charge in [-0.15, -0.1) is 0 Å². The highest BCUT2D eigenvalue weighted by atomic mass is 32.2. The molecule has 1 saturated heterocycles. The van der Waals surface area contributed by atoms with Crippen LogP contribution in [0, 0.1) is 0 Å². The van der Waals surface area contributed by atoms with Gasteiger partial charge in [-0.25, -0.2) is 13.6 Å². The monoisotopic (exact) mass is 286 g/mol. The maximum atomic E-state index is 12.2. The van der Waals surface area contributed by atoms with E-state index in [4.69, 9.17) is 9.56 Å². The van der Waals surface area contributed by atoms with Crippen LogP contribution in [-0.2, 0) is 16.4 Å². The van der Waals surface area contributed by atoms with Crippen LogP contribution >= 0.6 is 0 Å². The molecule has 2 N–H and O–H groups in total. The quantitative estimate of drug-likeness (QED) is 0.886. The molecule has 1 aliphatic heterocycles. The molecule has 1 aromatic heterocycles. The summed E-state index contributed by atoms with van der Waals surface area (Å²) in [5.41, 5.74) is 0. The van der Waals surface area contributed by atoms with E-state index >= 15 is 0 Å². The molecule has 0 bridgehead atoms. The largest absolute Gasteiger partial charge is 0.456 e. The molecule has 1 aliphatic rings. The second-order valence-corrected chi connectivity index (χ2v) is 6.57. The number of hydrogen-bond donors (Lipinski definition) is 1. The van der Waals surface area contributed by atoms with Crippen LogP contribution in [0.3, 0.4) is 0 Å². The Kier molecular flexibility index (Phi) is 3.96. The van der Waals surface area contributed by atoms with Crippen LogP contribution in [0.25, 0.3) is 0 Å². The Morgan fingerprint density at radius 1 is 1.53 bits per heavy atom. The molecule has 0 radical (unpaired) electrons. The summed E-state index contributed by atoms with van der Waals surface area (Å²) in [6.45, 7) is 2.61. The van der Waals surface area contributed by atoms with Crippen LogP contribution in [0.5, 0.6) is 0 Å². The Hall–Kier alpha value is -1.34. The van der Waals surface area contributed by atoms with Crippen molar-refractivity contribution in [3.05, 3.63) is 23.7 Å². The van der Waals surface area contributed by atoms with Crippen molar-refractivity contribution in [2.75, 3.05) is 13.1 Å². The smallest absolute Gasteiger partial charge is 0.289 e. The first-order valence-corrected chi connectivity index (χ1v) is 7.92. The average Bonchev–Trinajstić information content (AvgIpc) is 2.86. The standard InChI is InChI=1S/C12H18N2O4S/c1-2-9-5-6-11(18-9)12(15)14-7-3-4-10(8-14)19(13,16)17/h5-6,10H,2-4,7-8H2,1H3,(H2,13,16,17). The number of hydrogen-bond acceptors (Lipinski definition) is 4. The Balaban J connectivity index is 2.11. The Morgan fingerprint density at radius 2 is 2.26 bits per heavy atom. The van der Waals surface area contributed by atoms with Gasteiger partial charge in [-0.05, 0) is 25.0 Å². The Bertz CT molecular complexity index is 564. The topological polar surface area (TPSA) is 93.6 Å². The number of nitrogens with two attached hydrogens (primary N) is 1. The maximum Gasteiger partial charge on any atom is 0.289 e. The minimum atomic E-state index is -3.60. The van der Waals surface area contributed by atoms with Crippen molar-refractivity contribution in [1.82, 2.24) is 4.90 Å². The number of sulfonamides is 1. The van der Waals surface area contributed by atoms with Gasteiger partial charge >= 0.3 is 0 Å². The molecule has 0 spiro atoms. The summed E-state index contributed by atoms with van der Waals surface area (Å²) in [5.74, 6) is 0.725. The average molecular weight is 286 g/mol. The third-order valence-electron chi connectivity index (χ3n) is 3.35. The number of carbonyl (C=O) groups excluding carboxylic acids is 1. The van der Waals surface area contributed by atoms with Gasteiger partial charge < -0.3 is 9.32 Å². The summed E-state index contributed by atoms with van der Waals surface area (Å²) in [6, 6.07) is 3.38. The third kappa shape index (κ3) is 3.16. The van der Waals surface area contributed by atoms with E-state index in [0.717, 1.165) is 5.76 Å². The molecule has 2 heterocycles. The highest BCUT2D eigenvalue weighted by molar-refractivity contribution is 7.89. The second-order valence-electron chi connectivity index (χ2n) is 4.72. The van der Waals surface area contributed by atoms with E-state index in [-0.39, 0.29) is 18.2 Å². The van der Waals surface area contributed by atoms with E-state index in [9.17, 15) is 13.2 Å². The summed E-state index contributed by atoms with van der Waals surface area (Å²) in [5, 5.41) is 4.47. The number of primary sulfonamides is 1. The summed E-state index contributed by atoms with van der Waals surface area (Å²) >= 11 is 0. The van der Waals surface area contributed by atoms with Gasteiger partial charge in [-0.1, -0.05) is 6.92 Å². The highest BCUT2D eigenvalue weighted by Crippen LogP contribution is 2.19. The van der Waals surface area contributed by atoms with E-state index in [1.165, 1.54) is 4.90 Å². The minimum Gasteiger partial charge on any atom is -0.456 e. The maximum absolute atomic E-state index is 12.2. The summed E-state index contributed by atoms with van der Waals surface area (Å²) in [6.07, 6.45) is 1.85. The molecular weight excluding hydrogens is 268 g/mol. The van der Waals surface area contributed by atoms with Gasteiger partial charge in [0, 0.05) is 19.5 Å². The van der Waals surface area contributed by atoms with Crippen LogP contribution in [0.4, 0.5) is 0 Å². The fraction of sp³-hybridized carbons (Fsp3) is 0.583. The predicted octanol–water partition coefficient (Wildman–Crippen LogP) is 0.735. The number of furan rings is 1. The van der Waals surface area contributed by atoms with Crippen LogP contribution in [0.1, 0.15) is 36.1 Å². The molecule has 106 valence electrons. The molecule has 1 unspecified atom stereocenters. The van der Waals surface area contributed by atoms with Crippen molar-refractivity contribution in [2.45, 2.75) is 31.4 Å². The first kappa shape index (κ1) is 14.1. The van der Waals surface area contributed by atoms with Crippen LogP contribution < -0.4 is 5.14 Å². The lowest BCUT2D eigenvalue weighted by Gasteiger charge is -2.30. The highest BCUT2D eigenvalue weighted by Gasteiger charge is 2.31. The lowest BCUT2D eigenvalue weighted by Crippen LogP contribution is -2.47. The summed E-state index contributed by atoms with van der Waals surface area (Å²) in [7, 11) is -3.60. The van der Waals surface area contributed by atoms with E-state index in [2.05, 4.69) is 0 Å². The van der Waals surface area contributed by atoms with E-state index < -0.39 is 15.3 Å². The van der Waals surface area contributed by atoms with Gasteiger partial charge in [0.05, 0.1) is 5.25 Å². The zero-order valence-electron chi connectivity index (χ0n) is 10.8. The first-order valence-electron chi connectivity index (χ1n) is 6.31. The van der Waals surface area contributed by atoms with Gasteiger partial charge in [0.25, 0.3) is 5.91 Å². The van der Waals surface area contributed by atoms with E-state index in [1.807, 2.05) is 6.92 Å². The van der Waals surface area contributed by atoms with E-state index in [1.54, 1.807) is 12.1 Å². The van der Waals surface area contributed by atoms with Gasteiger partial charge in [0.1, 0.15) is 5.76 Å². The zero-order chi connectivity index (χ0) is 14.0. The lowest BCUT2D eigenvalue weighted by molar-refractivity contribution is 0.0693. The predicted molar refractivity (Wildman–Crippen MR) is 70.1 cm³/mol. The van der Waals surface area contributed by atoms with Crippen LogP contribution in [-0.4, -0.2) is 37.6 Å². The molecule has 0 aliphatic carbocycles. The van der Waals surface area contributed by atoms with Crippen molar-refractivity contribution in [2.24, 2.45) is 5.14 Å². The van der Waals surface area contributed by atoms with Gasteiger partial charge in [0.2, 0.25) is 10.0 Å². The van der Waals surface area contributed by atoms with Gasteiger partial charge in [-0.2, -0.15) is 0 Å². The molecule has 2 rings (SSSR count). The molecule has 1 aromatic rings. The number of piperidine rings is 1. The first-order chi connectivity index (χ1) is 8.91. The Morgan fingerprint density at radius 3 is 2.84 bits per heavy atom. The molecule has 0 aromatic carbocycles. The molecule has 6 nitrogen and oxygen atoms in total. The normalized spacial score (nSPS) is 20.5. The summed E-state index contributed by atoms with van der Waals surface area (Å²) in [4.78, 5) is 13.7. The number of likely N-dealkylation sites (tertiary alicyclic amines) is 1. The third-order valence-corrected chi connectivity index (χ3v) is 4.66. The fourth-order valence-electron chi connectivity index (χ4n) is 2.23. The molecule has 0 saturated carbocycles. The molecule has 1 amide bonds. The van der Waals surface area contributed by atoms with Gasteiger partial charge in [-0.3, -0.25) is 4.79 Å². The van der Waals surface area contributed by atoms with Crippen molar-refractivity contribution in [1.29, 1.82) is 0 Å². The second kappa shape index (κ2) is 5.34. The number of carbonyl (C=O) groups is 1. The number of rotatable bonds is 3. The molecule has 1 atom stereocenters. The van der Waals surface area contributed by atoms with Crippen LogP contribution in [0.15, 0.2) is 16.5 Å². The molecule has 19 heavy (non-hydrogen) atoms. The SMILES string of the molecule is CCc1ccc(C(=O)N2CCCC(S(N)(=O)=O)C2)o1. The summed E-state index contributed by atoms with van der Waals surface area (Å²) < 4.78 is 28.1. The Labute approximate surface area is 112 Å². The van der Waals surface area contributed by atoms with Crippen molar-refractivity contribution < 1.29 is 17.6 Å². The number of aryl methyl sites for hydroxylation is 1. The number of amides is 1. The molecule has 1 fully saturated rings. The van der Waals surface area contributed by atoms with Crippen molar-refractivity contribution >= 4 is 15.9 Å². The zero-order valence-corrected chi connectivity index (χ0v) is 11.6.